The van der Waals surface area contributed by atoms with Gasteiger partial charge in [-0.25, -0.2) is 0 Å². The summed E-state index contributed by atoms with van der Waals surface area (Å²) in [5.74, 6) is -0.186. The minimum absolute atomic E-state index is 0.0936. The largest absolute Gasteiger partial charge is 0.310 e. The van der Waals surface area contributed by atoms with Crippen LogP contribution in [0.1, 0.15) is 23.5 Å². The normalized spacial score (nSPS) is 17.1. The Hall–Kier alpha value is -2.38. The molecule has 1 atom stereocenters. The van der Waals surface area contributed by atoms with Crippen LogP contribution >= 0.6 is 23.2 Å². The lowest BCUT2D eigenvalue weighted by Crippen LogP contribution is -2.32. The lowest BCUT2D eigenvalue weighted by molar-refractivity contribution is -0.116. The average Bonchev–Trinajstić information content (AvgIpc) is 2.97. The maximum Gasteiger partial charge on any atom is 0.258 e. The number of nitrogens with zero attached hydrogens (tertiary/aromatic N) is 3. The van der Waals surface area contributed by atoms with Crippen molar-refractivity contribution in [3.8, 4) is 0 Å². The van der Waals surface area contributed by atoms with Gasteiger partial charge < -0.3 is 5.32 Å². The Kier molecular flexibility index (Phi) is 3.14. The monoisotopic (exact) mass is 349 g/mol. The lowest BCUT2D eigenvalue weighted by Gasteiger charge is -2.25. The molecular formula is C14H9Cl2N5O2. The zero-order valence-electron chi connectivity index (χ0n) is 11.5. The predicted octanol–water partition coefficient (Wildman–Crippen LogP) is 2.20. The summed E-state index contributed by atoms with van der Waals surface area (Å²) in [7, 11) is 0. The number of rotatable bonds is 1. The number of carbonyl (C=O) groups is 1. The van der Waals surface area contributed by atoms with Crippen LogP contribution in [0.5, 0.6) is 0 Å². The van der Waals surface area contributed by atoms with Gasteiger partial charge in [0.1, 0.15) is 12.1 Å². The fourth-order valence-corrected chi connectivity index (χ4v) is 3.29. The van der Waals surface area contributed by atoms with Crippen LogP contribution in [-0.4, -0.2) is 25.5 Å². The third kappa shape index (κ3) is 2.12. The lowest BCUT2D eigenvalue weighted by atomic mass is 9.87. The molecule has 116 valence electrons. The van der Waals surface area contributed by atoms with Gasteiger partial charge in [-0.15, -0.1) is 0 Å². The van der Waals surface area contributed by atoms with Gasteiger partial charge in [0, 0.05) is 12.3 Å². The Morgan fingerprint density at radius 1 is 1.26 bits per heavy atom. The number of nitrogens with one attached hydrogen (secondary N) is 2. The molecule has 0 radical (unpaired) electrons. The molecule has 0 unspecified atom stereocenters. The van der Waals surface area contributed by atoms with Crippen LogP contribution in [-0.2, 0) is 4.79 Å². The molecule has 1 aromatic carbocycles. The Bertz CT molecular complexity index is 1010. The Labute approximate surface area is 139 Å². The SMILES string of the molecule is O=C1C[C@@H](c2cccc(Cl)c2Cl)c2c(n3ncnc3[nH]c2=O)N1. The molecule has 2 aromatic heterocycles. The molecule has 3 aromatic rings. The Morgan fingerprint density at radius 2 is 2.09 bits per heavy atom. The summed E-state index contributed by atoms with van der Waals surface area (Å²) in [5, 5.41) is 7.43. The number of carbonyl (C=O) groups excluding carboxylic acids is 1. The smallest absolute Gasteiger partial charge is 0.258 e. The summed E-state index contributed by atoms with van der Waals surface area (Å²) in [4.78, 5) is 31.2. The van der Waals surface area contributed by atoms with Crippen LogP contribution in [0.25, 0.3) is 5.78 Å². The number of aromatic amines is 1. The molecule has 3 heterocycles. The van der Waals surface area contributed by atoms with Crippen molar-refractivity contribution >= 4 is 40.7 Å². The van der Waals surface area contributed by atoms with Gasteiger partial charge in [0.2, 0.25) is 11.7 Å². The molecular weight excluding hydrogens is 341 g/mol. The van der Waals surface area contributed by atoms with Gasteiger partial charge in [0.05, 0.1) is 15.6 Å². The second kappa shape index (κ2) is 5.07. The van der Waals surface area contributed by atoms with Crippen molar-refractivity contribution in [3.05, 3.63) is 56.1 Å². The summed E-state index contributed by atoms with van der Waals surface area (Å²) in [6.45, 7) is 0. The van der Waals surface area contributed by atoms with Crippen molar-refractivity contribution in [2.24, 2.45) is 0 Å². The minimum Gasteiger partial charge on any atom is -0.310 e. The maximum atomic E-state index is 12.5. The maximum absolute atomic E-state index is 12.5. The van der Waals surface area contributed by atoms with Gasteiger partial charge in [-0.05, 0) is 11.6 Å². The van der Waals surface area contributed by atoms with Crippen LogP contribution in [0.2, 0.25) is 10.0 Å². The number of amides is 1. The van der Waals surface area contributed by atoms with Gasteiger partial charge >= 0.3 is 0 Å². The van der Waals surface area contributed by atoms with Crippen molar-refractivity contribution in [1.82, 2.24) is 19.6 Å². The van der Waals surface area contributed by atoms with E-state index in [2.05, 4.69) is 20.4 Å². The van der Waals surface area contributed by atoms with E-state index in [1.165, 1.54) is 10.8 Å². The molecule has 0 spiro atoms. The van der Waals surface area contributed by atoms with Gasteiger partial charge in [-0.3, -0.25) is 14.6 Å². The van der Waals surface area contributed by atoms with Crippen molar-refractivity contribution in [2.75, 3.05) is 5.32 Å². The zero-order chi connectivity index (χ0) is 16.1. The second-order valence-corrected chi connectivity index (χ2v) is 5.94. The quantitative estimate of drug-likeness (QED) is 0.704. The number of aromatic nitrogens is 4. The number of fused-ring (bicyclic) bond motifs is 3. The van der Waals surface area contributed by atoms with E-state index in [-0.39, 0.29) is 23.7 Å². The highest BCUT2D eigenvalue weighted by Crippen LogP contribution is 2.39. The molecule has 0 saturated heterocycles. The number of H-pyrrole nitrogens is 1. The molecule has 4 rings (SSSR count). The topological polar surface area (TPSA) is 92.2 Å². The second-order valence-electron chi connectivity index (χ2n) is 5.16. The van der Waals surface area contributed by atoms with Crippen molar-refractivity contribution < 1.29 is 4.79 Å². The van der Waals surface area contributed by atoms with Crippen LogP contribution < -0.4 is 10.9 Å². The van der Waals surface area contributed by atoms with E-state index < -0.39 is 5.92 Å². The Morgan fingerprint density at radius 3 is 2.91 bits per heavy atom. The highest BCUT2D eigenvalue weighted by molar-refractivity contribution is 6.42. The predicted molar refractivity (Wildman–Crippen MR) is 85.2 cm³/mol. The molecule has 0 bridgehead atoms. The third-order valence-corrected chi connectivity index (χ3v) is 4.67. The van der Waals surface area contributed by atoms with E-state index in [0.717, 1.165) is 0 Å². The van der Waals surface area contributed by atoms with Gasteiger partial charge in [0.15, 0.2) is 0 Å². The number of benzene rings is 1. The molecule has 0 saturated carbocycles. The third-order valence-electron chi connectivity index (χ3n) is 3.84. The first kappa shape index (κ1) is 14.2. The molecule has 0 aliphatic carbocycles. The van der Waals surface area contributed by atoms with E-state index in [4.69, 9.17) is 23.2 Å². The van der Waals surface area contributed by atoms with E-state index in [1.54, 1.807) is 18.2 Å². The number of halogens is 2. The molecule has 0 fully saturated rings. The van der Waals surface area contributed by atoms with E-state index in [9.17, 15) is 9.59 Å². The van der Waals surface area contributed by atoms with Crippen molar-refractivity contribution in [1.29, 1.82) is 0 Å². The molecule has 9 heteroatoms. The highest BCUT2D eigenvalue weighted by Gasteiger charge is 2.33. The van der Waals surface area contributed by atoms with Crippen molar-refractivity contribution in [3.63, 3.8) is 0 Å². The fraction of sp³-hybridized carbons (Fsp3) is 0.143. The van der Waals surface area contributed by atoms with Crippen LogP contribution in [0, 0.1) is 0 Å². The first-order chi connectivity index (χ1) is 11.1. The molecule has 1 aliphatic heterocycles. The summed E-state index contributed by atoms with van der Waals surface area (Å²) in [6.07, 6.45) is 1.39. The van der Waals surface area contributed by atoms with Gasteiger partial charge in [-0.1, -0.05) is 35.3 Å². The van der Waals surface area contributed by atoms with E-state index in [0.29, 0.717) is 27.0 Å². The molecule has 23 heavy (non-hydrogen) atoms. The highest BCUT2D eigenvalue weighted by atomic mass is 35.5. The van der Waals surface area contributed by atoms with E-state index >= 15 is 0 Å². The molecule has 7 nitrogen and oxygen atoms in total. The van der Waals surface area contributed by atoms with E-state index in [1.807, 2.05) is 0 Å². The number of hydrogen-bond donors (Lipinski definition) is 2. The number of anilines is 1. The first-order valence-electron chi connectivity index (χ1n) is 6.76. The molecule has 1 amide bonds. The Balaban J connectivity index is 2.03. The molecule has 1 aliphatic rings. The molecule has 2 N–H and O–H groups in total. The standard InChI is InChI=1S/C14H9Cl2N5O2/c15-8-3-1-2-6(11(8)16)7-4-9(22)19-12-10(7)13(23)20-14-17-5-18-21(12)14/h1-3,5,7H,4H2,(H,19,22)(H,17,18,20,23)/t7-/m0/s1. The van der Waals surface area contributed by atoms with Crippen molar-refractivity contribution in [2.45, 2.75) is 12.3 Å². The fourth-order valence-electron chi connectivity index (χ4n) is 2.85. The summed E-state index contributed by atoms with van der Waals surface area (Å²) >= 11 is 12.3. The van der Waals surface area contributed by atoms with Crippen LogP contribution in [0.3, 0.4) is 0 Å². The zero-order valence-corrected chi connectivity index (χ0v) is 13.0. The summed E-state index contributed by atoms with van der Waals surface area (Å²) in [6, 6.07) is 5.15. The summed E-state index contributed by atoms with van der Waals surface area (Å²) < 4.78 is 1.39. The average molecular weight is 350 g/mol. The van der Waals surface area contributed by atoms with Crippen LogP contribution in [0.15, 0.2) is 29.3 Å². The first-order valence-corrected chi connectivity index (χ1v) is 7.51. The minimum atomic E-state index is -0.512. The van der Waals surface area contributed by atoms with Gasteiger partial charge in [0.25, 0.3) is 5.56 Å². The van der Waals surface area contributed by atoms with Crippen LogP contribution in [0.4, 0.5) is 5.82 Å². The summed E-state index contributed by atoms with van der Waals surface area (Å²) in [5.41, 5.74) is 0.661. The number of hydrogen-bond acceptors (Lipinski definition) is 4. The van der Waals surface area contributed by atoms with Gasteiger partial charge in [-0.2, -0.15) is 14.6 Å².